The molecule has 21 heavy (non-hydrogen) atoms. The molecule has 1 N–H and O–H groups in total. The van der Waals surface area contributed by atoms with Crippen molar-refractivity contribution in [3.05, 3.63) is 64.7 Å². The molecule has 102 valence electrons. The minimum Gasteiger partial charge on any atom is -0.382 e. The highest BCUT2D eigenvalue weighted by atomic mass is 14.9. The number of hydrogen-bond donors (Lipinski definition) is 1. The predicted octanol–water partition coefficient (Wildman–Crippen LogP) is 3.40. The maximum atomic E-state index is 9.08. The van der Waals surface area contributed by atoms with Crippen LogP contribution in [0.2, 0.25) is 0 Å². The van der Waals surface area contributed by atoms with Crippen molar-refractivity contribution >= 4 is 5.69 Å². The Labute approximate surface area is 124 Å². The standard InChI is InChI=1S/C18H15N3/c19-11-15-6-8-18(10-16(15)12-20)21-17-7-5-13-3-1-2-4-14(13)9-17/h1-4,6,8,10,17,21H,5,7,9H2. The van der Waals surface area contributed by atoms with Crippen LogP contribution in [0.25, 0.3) is 0 Å². The van der Waals surface area contributed by atoms with Gasteiger partial charge in [0.2, 0.25) is 0 Å². The second-order valence-corrected chi connectivity index (χ2v) is 5.34. The Bertz CT molecular complexity index is 750. The van der Waals surface area contributed by atoms with Crippen molar-refractivity contribution in [2.24, 2.45) is 0 Å². The molecule has 0 aliphatic heterocycles. The Morgan fingerprint density at radius 1 is 0.952 bits per heavy atom. The molecule has 1 atom stereocenters. The largest absolute Gasteiger partial charge is 0.382 e. The van der Waals surface area contributed by atoms with Gasteiger partial charge in [0.1, 0.15) is 12.1 Å². The van der Waals surface area contributed by atoms with E-state index < -0.39 is 0 Å². The summed E-state index contributed by atoms with van der Waals surface area (Å²) in [7, 11) is 0. The lowest BCUT2D eigenvalue weighted by Crippen LogP contribution is -2.27. The Hall–Kier alpha value is -2.78. The lowest BCUT2D eigenvalue weighted by atomic mass is 9.88. The third-order valence-corrected chi connectivity index (χ3v) is 3.98. The molecule has 0 saturated carbocycles. The van der Waals surface area contributed by atoms with Crippen LogP contribution < -0.4 is 5.32 Å². The van der Waals surface area contributed by atoms with E-state index in [1.165, 1.54) is 11.1 Å². The fourth-order valence-corrected chi connectivity index (χ4v) is 2.88. The molecule has 0 amide bonds. The maximum absolute atomic E-state index is 9.08. The zero-order chi connectivity index (χ0) is 14.7. The quantitative estimate of drug-likeness (QED) is 0.912. The van der Waals surface area contributed by atoms with Crippen LogP contribution in [0.5, 0.6) is 0 Å². The van der Waals surface area contributed by atoms with Gasteiger partial charge in [-0.1, -0.05) is 24.3 Å². The van der Waals surface area contributed by atoms with Gasteiger partial charge in [0.05, 0.1) is 11.1 Å². The van der Waals surface area contributed by atoms with Crippen LogP contribution in [0, 0.1) is 22.7 Å². The number of benzene rings is 2. The molecule has 0 fully saturated rings. The van der Waals surface area contributed by atoms with Crippen LogP contribution in [0.15, 0.2) is 42.5 Å². The highest BCUT2D eigenvalue weighted by Crippen LogP contribution is 2.24. The van der Waals surface area contributed by atoms with E-state index in [0.29, 0.717) is 17.2 Å². The summed E-state index contributed by atoms with van der Waals surface area (Å²) in [5.41, 5.74) is 4.61. The Kier molecular flexibility index (Phi) is 3.58. The first-order chi connectivity index (χ1) is 10.3. The number of hydrogen-bond acceptors (Lipinski definition) is 3. The molecule has 0 aromatic heterocycles. The smallest absolute Gasteiger partial charge is 0.101 e. The van der Waals surface area contributed by atoms with Crippen LogP contribution in [-0.4, -0.2) is 6.04 Å². The van der Waals surface area contributed by atoms with Crippen molar-refractivity contribution in [2.45, 2.75) is 25.3 Å². The minimum absolute atomic E-state index is 0.374. The van der Waals surface area contributed by atoms with Gasteiger partial charge >= 0.3 is 0 Å². The number of nitriles is 2. The second kappa shape index (κ2) is 5.69. The van der Waals surface area contributed by atoms with Crippen LogP contribution in [0.3, 0.4) is 0 Å². The Balaban J connectivity index is 1.77. The van der Waals surface area contributed by atoms with Crippen molar-refractivity contribution in [2.75, 3.05) is 5.32 Å². The number of aryl methyl sites for hydroxylation is 1. The normalized spacial score (nSPS) is 16.4. The molecular formula is C18H15N3. The zero-order valence-electron chi connectivity index (χ0n) is 11.6. The van der Waals surface area contributed by atoms with Gasteiger partial charge in [-0.05, 0) is 48.6 Å². The van der Waals surface area contributed by atoms with Gasteiger partial charge in [-0.3, -0.25) is 0 Å². The van der Waals surface area contributed by atoms with E-state index >= 15 is 0 Å². The number of rotatable bonds is 2. The fraction of sp³-hybridized carbons (Fsp3) is 0.222. The molecule has 0 spiro atoms. The number of nitrogens with one attached hydrogen (secondary N) is 1. The number of fused-ring (bicyclic) bond motifs is 1. The van der Waals surface area contributed by atoms with Crippen LogP contribution in [0.1, 0.15) is 28.7 Å². The molecule has 0 heterocycles. The summed E-state index contributed by atoms with van der Waals surface area (Å²) in [4.78, 5) is 0. The van der Waals surface area contributed by atoms with Gasteiger partial charge < -0.3 is 5.32 Å². The predicted molar refractivity (Wildman–Crippen MR) is 81.7 cm³/mol. The summed E-state index contributed by atoms with van der Waals surface area (Å²) in [6.45, 7) is 0. The molecule has 1 unspecified atom stereocenters. The van der Waals surface area contributed by atoms with Crippen molar-refractivity contribution < 1.29 is 0 Å². The summed E-state index contributed by atoms with van der Waals surface area (Å²) in [6.07, 6.45) is 3.16. The molecule has 2 aromatic carbocycles. The SMILES string of the molecule is N#Cc1ccc(NC2CCc3ccccc3C2)cc1C#N. The van der Waals surface area contributed by atoms with Crippen LogP contribution >= 0.6 is 0 Å². The number of nitrogens with zero attached hydrogens (tertiary/aromatic N) is 2. The van der Waals surface area contributed by atoms with Gasteiger partial charge in [0, 0.05) is 11.7 Å². The van der Waals surface area contributed by atoms with Gasteiger partial charge in [0.15, 0.2) is 0 Å². The molecular weight excluding hydrogens is 258 g/mol. The van der Waals surface area contributed by atoms with E-state index in [2.05, 4.69) is 35.7 Å². The fourth-order valence-electron chi connectivity index (χ4n) is 2.88. The second-order valence-electron chi connectivity index (χ2n) is 5.34. The molecule has 1 aliphatic rings. The molecule has 0 bridgehead atoms. The van der Waals surface area contributed by atoms with Gasteiger partial charge in [-0.15, -0.1) is 0 Å². The average Bonchev–Trinajstić information content (AvgIpc) is 2.54. The van der Waals surface area contributed by atoms with E-state index in [1.54, 1.807) is 12.1 Å². The van der Waals surface area contributed by atoms with E-state index in [4.69, 9.17) is 10.5 Å². The maximum Gasteiger partial charge on any atom is 0.101 e. The van der Waals surface area contributed by atoms with Crippen molar-refractivity contribution in [1.82, 2.24) is 0 Å². The molecule has 3 heteroatoms. The van der Waals surface area contributed by atoms with Crippen molar-refractivity contribution in [3.8, 4) is 12.1 Å². The van der Waals surface area contributed by atoms with Gasteiger partial charge in [-0.25, -0.2) is 0 Å². The highest BCUT2D eigenvalue weighted by molar-refractivity contribution is 5.57. The molecule has 3 nitrogen and oxygen atoms in total. The summed E-state index contributed by atoms with van der Waals surface area (Å²) >= 11 is 0. The topological polar surface area (TPSA) is 59.6 Å². The summed E-state index contributed by atoms with van der Waals surface area (Å²) in [5, 5.41) is 21.5. The lowest BCUT2D eigenvalue weighted by molar-refractivity contribution is 0.611. The first-order valence-electron chi connectivity index (χ1n) is 7.07. The van der Waals surface area contributed by atoms with E-state index in [1.807, 2.05) is 12.1 Å². The third-order valence-electron chi connectivity index (χ3n) is 3.98. The van der Waals surface area contributed by atoms with Crippen LogP contribution in [-0.2, 0) is 12.8 Å². The first-order valence-corrected chi connectivity index (χ1v) is 7.07. The molecule has 1 aliphatic carbocycles. The van der Waals surface area contributed by atoms with Crippen molar-refractivity contribution in [3.63, 3.8) is 0 Å². The first kappa shape index (κ1) is 13.2. The summed E-state index contributed by atoms with van der Waals surface area (Å²) < 4.78 is 0. The van der Waals surface area contributed by atoms with E-state index in [9.17, 15) is 0 Å². The molecule has 2 aromatic rings. The van der Waals surface area contributed by atoms with Crippen LogP contribution in [0.4, 0.5) is 5.69 Å². The van der Waals surface area contributed by atoms with E-state index in [0.717, 1.165) is 24.9 Å². The summed E-state index contributed by atoms with van der Waals surface area (Å²) in [5.74, 6) is 0. The molecule has 0 radical (unpaired) electrons. The van der Waals surface area contributed by atoms with Crippen molar-refractivity contribution in [1.29, 1.82) is 10.5 Å². The molecule has 3 rings (SSSR count). The highest BCUT2D eigenvalue weighted by Gasteiger charge is 2.18. The lowest BCUT2D eigenvalue weighted by Gasteiger charge is -2.26. The minimum atomic E-state index is 0.374. The number of anilines is 1. The Morgan fingerprint density at radius 3 is 2.48 bits per heavy atom. The summed E-state index contributed by atoms with van der Waals surface area (Å²) in [6, 6.07) is 18.4. The zero-order valence-corrected chi connectivity index (χ0v) is 11.6. The van der Waals surface area contributed by atoms with Gasteiger partial charge in [-0.2, -0.15) is 10.5 Å². The monoisotopic (exact) mass is 273 g/mol. The third kappa shape index (κ3) is 2.73. The average molecular weight is 273 g/mol. The molecule has 0 saturated heterocycles. The van der Waals surface area contributed by atoms with Gasteiger partial charge in [0.25, 0.3) is 0 Å². The van der Waals surface area contributed by atoms with E-state index in [-0.39, 0.29) is 0 Å². The Morgan fingerprint density at radius 2 is 1.71 bits per heavy atom.